The third-order valence-corrected chi connectivity index (χ3v) is 3.83. The average Bonchev–Trinajstić information content (AvgIpc) is 2.76. The smallest absolute Gasteiger partial charge is 0.175 e. The number of hydrogen-bond donors (Lipinski definition) is 4. The second-order valence-corrected chi connectivity index (χ2v) is 5.44. The fraction of sp³-hybridized carbons (Fsp3) is 0.667. The highest BCUT2D eigenvalue weighted by molar-refractivity contribution is 7.72. The molecule has 1 saturated heterocycles. The predicted octanol–water partition coefficient (Wildman–Crippen LogP) is 0.626. The molecule has 1 fully saturated rings. The van der Waals surface area contributed by atoms with E-state index in [2.05, 4.69) is 9.97 Å². The van der Waals surface area contributed by atoms with Crippen LogP contribution in [-0.2, 0) is 14.2 Å². The molecule has 2 heterocycles. The molecule has 2 rings (SSSR count). The van der Waals surface area contributed by atoms with E-state index in [1.807, 2.05) is 0 Å². The Labute approximate surface area is 131 Å². The molecule has 2 unspecified atom stereocenters. The van der Waals surface area contributed by atoms with E-state index in [1.165, 1.54) is 0 Å². The molecule has 0 amide bonds. The van der Waals surface area contributed by atoms with Gasteiger partial charge in [-0.15, -0.1) is 0 Å². The Morgan fingerprint density at radius 1 is 1.38 bits per heavy atom. The molecule has 1 aromatic heterocycles. The molecule has 4 atom stereocenters. The van der Waals surface area contributed by atoms with Gasteiger partial charge in [-0.2, -0.15) is 0 Å². The number of nitrogens with one attached hydrogen (secondary N) is 2. The van der Waals surface area contributed by atoms with Crippen LogP contribution in [0.25, 0.3) is 0 Å². The average molecular weight is 334 g/mol. The maximum atomic E-state index is 10.2. The van der Waals surface area contributed by atoms with Crippen LogP contribution >= 0.6 is 24.4 Å². The van der Waals surface area contributed by atoms with Gasteiger partial charge in [-0.3, -0.25) is 0 Å². The first kappa shape index (κ1) is 16.7. The lowest BCUT2D eigenvalue weighted by atomic mass is 10.0. The molecule has 1 aliphatic rings. The zero-order valence-corrected chi connectivity index (χ0v) is 13.1. The minimum Gasteiger partial charge on any atom is -0.394 e. The van der Waals surface area contributed by atoms with Gasteiger partial charge in [0.15, 0.2) is 4.77 Å². The molecule has 118 valence electrons. The summed E-state index contributed by atoms with van der Waals surface area (Å²) in [5, 5.41) is 19.5. The largest absolute Gasteiger partial charge is 0.394 e. The van der Waals surface area contributed by atoms with E-state index in [0.717, 1.165) is 0 Å². The first-order chi connectivity index (χ1) is 10.1. The molecular weight excluding hydrogens is 316 g/mol. The van der Waals surface area contributed by atoms with Gasteiger partial charge in [0.05, 0.1) is 19.8 Å². The fourth-order valence-corrected chi connectivity index (χ4v) is 2.73. The number of ether oxygens (including phenoxy) is 3. The van der Waals surface area contributed by atoms with Crippen molar-refractivity contribution in [1.29, 1.82) is 0 Å². The molecule has 0 bridgehead atoms. The van der Waals surface area contributed by atoms with Crippen molar-refractivity contribution in [3.63, 3.8) is 0 Å². The topological polar surface area (TPSA) is 99.7 Å². The molecule has 0 aromatic carbocycles. The third kappa shape index (κ3) is 3.75. The number of methoxy groups -OCH3 is 1. The number of hydrogen-bond acceptors (Lipinski definition) is 7. The molecule has 4 N–H and O–H groups in total. The quantitative estimate of drug-likeness (QED) is 0.447. The van der Waals surface area contributed by atoms with E-state index in [-0.39, 0.29) is 6.61 Å². The summed E-state index contributed by atoms with van der Waals surface area (Å²) in [6.45, 7) is 0.389. The molecular formula is C12H18N2O5S2. The summed E-state index contributed by atoms with van der Waals surface area (Å²) in [5.41, 5.74) is 0.621. The lowest BCUT2D eigenvalue weighted by Crippen LogP contribution is -2.35. The molecule has 7 nitrogen and oxygen atoms in total. The number of aromatic nitrogens is 2. The second kappa shape index (κ2) is 7.54. The Balaban J connectivity index is 2.25. The highest BCUT2D eigenvalue weighted by Crippen LogP contribution is 2.35. The Morgan fingerprint density at radius 2 is 2.14 bits per heavy atom. The molecule has 0 radical (unpaired) electrons. The van der Waals surface area contributed by atoms with Crippen LogP contribution in [0, 0.1) is 9.41 Å². The minimum atomic E-state index is -0.950. The molecule has 0 aliphatic carbocycles. The van der Waals surface area contributed by atoms with Gasteiger partial charge < -0.3 is 34.4 Å². The van der Waals surface area contributed by atoms with Crippen molar-refractivity contribution in [2.24, 2.45) is 0 Å². The van der Waals surface area contributed by atoms with Gasteiger partial charge in [-0.1, -0.05) is 12.2 Å². The number of aliphatic hydroxyl groups excluding tert-OH is 2. The van der Waals surface area contributed by atoms with E-state index in [4.69, 9.17) is 38.6 Å². The number of H-pyrrole nitrogens is 2. The monoisotopic (exact) mass is 334 g/mol. The van der Waals surface area contributed by atoms with Gasteiger partial charge >= 0.3 is 0 Å². The van der Waals surface area contributed by atoms with Crippen LogP contribution in [0.15, 0.2) is 6.20 Å². The Kier molecular flexibility index (Phi) is 5.99. The zero-order chi connectivity index (χ0) is 15.4. The zero-order valence-electron chi connectivity index (χ0n) is 11.4. The van der Waals surface area contributed by atoms with Crippen molar-refractivity contribution in [3.05, 3.63) is 21.2 Å². The summed E-state index contributed by atoms with van der Waals surface area (Å²) in [6, 6.07) is 0. The van der Waals surface area contributed by atoms with E-state index < -0.39 is 24.4 Å². The van der Waals surface area contributed by atoms with Crippen LogP contribution in [0.4, 0.5) is 0 Å². The molecule has 1 aromatic rings. The van der Waals surface area contributed by atoms with E-state index >= 15 is 0 Å². The third-order valence-electron chi connectivity index (χ3n) is 3.27. The lowest BCUT2D eigenvalue weighted by Gasteiger charge is -2.21. The highest BCUT2D eigenvalue weighted by Gasteiger charge is 2.45. The van der Waals surface area contributed by atoms with Gasteiger partial charge in [-0.05, 0) is 12.2 Å². The van der Waals surface area contributed by atoms with E-state index in [0.29, 0.717) is 28.2 Å². The Morgan fingerprint density at radius 3 is 2.76 bits per heavy atom. The number of aromatic amines is 2. The van der Waals surface area contributed by atoms with Crippen molar-refractivity contribution in [2.45, 2.75) is 24.4 Å². The predicted molar refractivity (Wildman–Crippen MR) is 79.1 cm³/mol. The molecule has 0 spiro atoms. The van der Waals surface area contributed by atoms with Crippen molar-refractivity contribution in [2.75, 3.05) is 26.9 Å². The Hall–Kier alpha value is -0.680. The SMILES string of the molecule is COCCOC1C(O)[C@@H](CO)O[C@H]1c1c[nH]c(=S)[nH]c1=S. The van der Waals surface area contributed by atoms with Crippen molar-refractivity contribution < 1.29 is 24.4 Å². The first-order valence-electron chi connectivity index (χ1n) is 6.45. The molecule has 21 heavy (non-hydrogen) atoms. The van der Waals surface area contributed by atoms with E-state index in [1.54, 1.807) is 13.3 Å². The summed E-state index contributed by atoms with van der Waals surface area (Å²) in [5.74, 6) is 0. The van der Waals surface area contributed by atoms with E-state index in [9.17, 15) is 10.2 Å². The first-order valence-corrected chi connectivity index (χ1v) is 7.27. The summed E-state index contributed by atoms with van der Waals surface area (Å²) >= 11 is 10.2. The van der Waals surface area contributed by atoms with Crippen LogP contribution < -0.4 is 0 Å². The fourth-order valence-electron chi connectivity index (χ4n) is 2.22. The molecule has 0 saturated carbocycles. The standard InChI is InChI=1S/C12H18N2O5S2/c1-17-2-3-18-10-8(16)7(5-15)19-9(10)6-4-13-12(21)14-11(6)20/h4,7-10,15-16H,2-3,5H2,1H3,(H2,13,14,20,21)/t7-,8?,9+,10?/m1/s1. The number of aliphatic hydroxyl groups is 2. The van der Waals surface area contributed by atoms with Crippen LogP contribution in [0.3, 0.4) is 0 Å². The highest BCUT2D eigenvalue weighted by atomic mass is 32.1. The van der Waals surface area contributed by atoms with Crippen LogP contribution in [0.5, 0.6) is 0 Å². The molecule has 9 heteroatoms. The molecule has 1 aliphatic heterocycles. The van der Waals surface area contributed by atoms with Crippen molar-refractivity contribution in [1.82, 2.24) is 9.97 Å². The Bertz CT molecular complexity index is 575. The van der Waals surface area contributed by atoms with Gasteiger partial charge in [0.25, 0.3) is 0 Å². The van der Waals surface area contributed by atoms with Gasteiger partial charge in [-0.25, -0.2) is 0 Å². The maximum Gasteiger partial charge on any atom is 0.175 e. The summed E-state index contributed by atoms with van der Waals surface area (Å²) in [7, 11) is 1.56. The normalized spacial score (nSPS) is 28.9. The maximum absolute atomic E-state index is 10.2. The van der Waals surface area contributed by atoms with Crippen LogP contribution in [-0.4, -0.2) is 65.4 Å². The summed E-state index contributed by atoms with van der Waals surface area (Å²) in [6.07, 6.45) is -1.28. The number of rotatable bonds is 6. The van der Waals surface area contributed by atoms with Crippen LogP contribution in [0.1, 0.15) is 11.7 Å². The summed E-state index contributed by atoms with van der Waals surface area (Å²) < 4.78 is 17.0. The summed E-state index contributed by atoms with van der Waals surface area (Å²) in [4.78, 5) is 5.66. The van der Waals surface area contributed by atoms with Crippen molar-refractivity contribution >= 4 is 24.4 Å². The van der Waals surface area contributed by atoms with Gasteiger partial charge in [0, 0.05) is 18.9 Å². The second-order valence-electron chi connectivity index (χ2n) is 4.62. The van der Waals surface area contributed by atoms with Gasteiger partial charge in [0.1, 0.15) is 29.1 Å². The minimum absolute atomic E-state index is 0.301. The van der Waals surface area contributed by atoms with Gasteiger partial charge in [0.2, 0.25) is 0 Å². The van der Waals surface area contributed by atoms with Crippen LogP contribution in [0.2, 0.25) is 0 Å². The van der Waals surface area contributed by atoms with Crippen molar-refractivity contribution in [3.8, 4) is 0 Å². The lowest BCUT2D eigenvalue weighted by molar-refractivity contribution is -0.0533.